The monoisotopic (exact) mass is 275 g/mol. The molecule has 4 rings (SSSR count). The molecule has 1 unspecified atom stereocenters. The molecule has 0 spiro atoms. The lowest BCUT2D eigenvalue weighted by Crippen LogP contribution is -2.10. The van der Waals surface area contributed by atoms with E-state index in [-0.39, 0.29) is 5.91 Å². The van der Waals surface area contributed by atoms with Gasteiger partial charge >= 0.3 is 0 Å². The number of amides is 1. The Morgan fingerprint density at radius 1 is 1.05 bits per heavy atom. The Morgan fingerprint density at radius 2 is 1.86 bits per heavy atom. The van der Waals surface area contributed by atoms with E-state index in [2.05, 4.69) is 35.7 Å². The maximum absolute atomic E-state index is 12.2. The normalized spacial score (nSPS) is 21.8. The summed E-state index contributed by atoms with van der Waals surface area (Å²) in [5.41, 5.74) is 5.60. The van der Waals surface area contributed by atoms with E-state index in [1.807, 2.05) is 24.3 Å². The Hall–Kier alpha value is -2.35. The van der Waals surface area contributed by atoms with Gasteiger partial charge in [-0.25, -0.2) is 0 Å². The molecule has 0 aromatic heterocycles. The van der Waals surface area contributed by atoms with Crippen LogP contribution in [0.5, 0.6) is 0 Å². The van der Waals surface area contributed by atoms with Crippen molar-refractivity contribution in [1.82, 2.24) is 0 Å². The Morgan fingerprint density at radius 3 is 2.81 bits per heavy atom. The highest BCUT2D eigenvalue weighted by Gasteiger charge is 2.26. The van der Waals surface area contributed by atoms with Gasteiger partial charge in [0.2, 0.25) is 0 Å². The second-order valence-electron chi connectivity index (χ2n) is 5.78. The fraction of sp³-hybridized carbons (Fsp3) is 0.211. The molecule has 104 valence electrons. The number of rotatable bonds is 1. The minimum Gasteiger partial charge on any atom is -0.321 e. The predicted molar refractivity (Wildman–Crippen MR) is 85.2 cm³/mol. The minimum absolute atomic E-state index is 0.0271. The number of anilines is 1. The lowest BCUT2D eigenvalue weighted by molar-refractivity contribution is -0.110. The van der Waals surface area contributed by atoms with Crippen LogP contribution in [0, 0.1) is 0 Å². The van der Waals surface area contributed by atoms with Crippen LogP contribution in [0.1, 0.15) is 35.4 Å². The van der Waals surface area contributed by atoms with Crippen molar-refractivity contribution >= 4 is 17.2 Å². The third-order valence-electron chi connectivity index (χ3n) is 4.49. The molecule has 2 aromatic carbocycles. The number of fused-ring (bicyclic) bond motifs is 2. The number of allylic oxidation sites excluding steroid dienone is 1. The zero-order chi connectivity index (χ0) is 14.2. The van der Waals surface area contributed by atoms with Crippen molar-refractivity contribution in [3.05, 3.63) is 71.3 Å². The fourth-order valence-electron chi connectivity index (χ4n) is 3.47. The van der Waals surface area contributed by atoms with Crippen LogP contribution >= 0.6 is 0 Å². The van der Waals surface area contributed by atoms with Gasteiger partial charge in [0.1, 0.15) is 0 Å². The highest BCUT2D eigenvalue weighted by Crippen LogP contribution is 2.38. The summed E-state index contributed by atoms with van der Waals surface area (Å²) in [6.07, 6.45) is 5.63. The number of benzene rings is 2. The van der Waals surface area contributed by atoms with Crippen molar-refractivity contribution < 1.29 is 4.79 Å². The zero-order valence-electron chi connectivity index (χ0n) is 11.8. The van der Waals surface area contributed by atoms with Gasteiger partial charge in [0.25, 0.3) is 5.91 Å². The van der Waals surface area contributed by atoms with Crippen molar-refractivity contribution in [2.45, 2.75) is 25.2 Å². The number of hydrogen-bond acceptors (Lipinski definition) is 1. The topological polar surface area (TPSA) is 29.1 Å². The lowest BCUT2D eigenvalue weighted by atomic mass is 9.81. The van der Waals surface area contributed by atoms with E-state index < -0.39 is 0 Å². The summed E-state index contributed by atoms with van der Waals surface area (Å²) < 4.78 is 0. The second kappa shape index (κ2) is 4.88. The fourth-order valence-corrected chi connectivity index (χ4v) is 3.47. The van der Waals surface area contributed by atoms with Crippen LogP contribution in [0.15, 0.2) is 54.6 Å². The highest BCUT2D eigenvalue weighted by atomic mass is 16.2. The van der Waals surface area contributed by atoms with Crippen LogP contribution in [-0.2, 0) is 11.2 Å². The number of aryl methyl sites for hydroxylation is 1. The van der Waals surface area contributed by atoms with E-state index in [0.29, 0.717) is 5.92 Å². The summed E-state index contributed by atoms with van der Waals surface area (Å²) >= 11 is 0. The highest BCUT2D eigenvalue weighted by molar-refractivity contribution is 6.31. The van der Waals surface area contributed by atoms with Gasteiger partial charge in [0, 0.05) is 22.7 Å². The summed E-state index contributed by atoms with van der Waals surface area (Å²) in [5, 5.41) is 2.95. The Labute approximate surface area is 124 Å². The van der Waals surface area contributed by atoms with E-state index in [4.69, 9.17) is 0 Å². The molecule has 1 amide bonds. The molecule has 1 heterocycles. The molecule has 0 saturated heterocycles. The van der Waals surface area contributed by atoms with E-state index in [0.717, 1.165) is 29.7 Å². The van der Waals surface area contributed by atoms with Crippen LogP contribution in [0.2, 0.25) is 0 Å². The number of carbonyl (C=O) groups excluding carboxylic acids is 1. The zero-order valence-corrected chi connectivity index (χ0v) is 11.8. The largest absolute Gasteiger partial charge is 0.321 e. The first-order chi connectivity index (χ1) is 10.3. The molecule has 1 N–H and O–H groups in total. The third kappa shape index (κ3) is 2.07. The second-order valence-corrected chi connectivity index (χ2v) is 5.78. The molecular weight excluding hydrogens is 258 g/mol. The summed E-state index contributed by atoms with van der Waals surface area (Å²) in [7, 11) is 0. The summed E-state index contributed by atoms with van der Waals surface area (Å²) in [6.45, 7) is 0. The van der Waals surface area contributed by atoms with E-state index in [1.54, 1.807) is 0 Å². The predicted octanol–water partition coefficient (Wildman–Crippen LogP) is 4.14. The number of hydrogen-bond donors (Lipinski definition) is 1. The van der Waals surface area contributed by atoms with Gasteiger partial charge < -0.3 is 5.32 Å². The molecule has 0 radical (unpaired) electrons. The van der Waals surface area contributed by atoms with Crippen LogP contribution in [0.25, 0.3) is 5.57 Å². The summed E-state index contributed by atoms with van der Waals surface area (Å²) in [4.78, 5) is 12.2. The molecule has 2 aliphatic rings. The van der Waals surface area contributed by atoms with Crippen molar-refractivity contribution in [2.24, 2.45) is 0 Å². The first kappa shape index (κ1) is 12.4. The molecule has 2 nitrogen and oxygen atoms in total. The molecule has 21 heavy (non-hydrogen) atoms. The van der Waals surface area contributed by atoms with Crippen LogP contribution < -0.4 is 5.32 Å². The molecule has 0 bridgehead atoms. The molecule has 2 aromatic rings. The Bertz CT molecular complexity index is 745. The standard InChI is InChI=1S/C19H17NO/c21-19-17(16-10-3-4-11-18(16)20-19)12-14-8-5-7-13-6-1-2-9-15(13)14/h1-4,6,9-12,14H,5,7-8H2,(H,20,21). The van der Waals surface area contributed by atoms with Crippen molar-refractivity contribution in [3.63, 3.8) is 0 Å². The quantitative estimate of drug-likeness (QED) is 0.779. The SMILES string of the molecule is O=C1Nc2ccccc2C1=CC1CCCc2ccccc21. The van der Waals surface area contributed by atoms with Gasteiger partial charge in [0.15, 0.2) is 0 Å². The van der Waals surface area contributed by atoms with Crippen LogP contribution in [0.3, 0.4) is 0 Å². The average Bonchev–Trinajstić information content (AvgIpc) is 2.84. The van der Waals surface area contributed by atoms with Gasteiger partial charge in [-0.15, -0.1) is 0 Å². The molecule has 1 atom stereocenters. The smallest absolute Gasteiger partial charge is 0.256 e. The molecule has 1 aliphatic carbocycles. The van der Waals surface area contributed by atoms with E-state index >= 15 is 0 Å². The minimum atomic E-state index is 0.0271. The lowest BCUT2D eigenvalue weighted by Gasteiger charge is -2.23. The Kier molecular flexibility index (Phi) is 2.88. The van der Waals surface area contributed by atoms with Crippen molar-refractivity contribution in [1.29, 1.82) is 0 Å². The van der Waals surface area contributed by atoms with Crippen LogP contribution in [-0.4, -0.2) is 5.91 Å². The Balaban J connectivity index is 1.78. The number of para-hydroxylation sites is 1. The first-order valence-corrected chi connectivity index (χ1v) is 7.53. The van der Waals surface area contributed by atoms with E-state index in [1.165, 1.54) is 17.5 Å². The van der Waals surface area contributed by atoms with Gasteiger partial charge in [-0.3, -0.25) is 4.79 Å². The molecular formula is C19H17NO. The molecule has 1 aliphatic heterocycles. The molecule has 0 fully saturated rings. The van der Waals surface area contributed by atoms with Crippen molar-refractivity contribution in [2.75, 3.05) is 5.32 Å². The van der Waals surface area contributed by atoms with Crippen molar-refractivity contribution in [3.8, 4) is 0 Å². The number of carbonyl (C=O) groups is 1. The van der Waals surface area contributed by atoms with E-state index in [9.17, 15) is 4.79 Å². The third-order valence-corrected chi connectivity index (χ3v) is 4.49. The number of nitrogens with one attached hydrogen (secondary N) is 1. The van der Waals surface area contributed by atoms with Gasteiger partial charge in [-0.2, -0.15) is 0 Å². The maximum atomic E-state index is 12.2. The summed E-state index contributed by atoms with van der Waals surface area (Å²) in [5.74, 6) is 0.376. The van der Waals surface area contributed by atoms with Gasteiger partial charge in [-0.1, -0.05) is 48.5 Å². The molecule has 0 saturated carbocycles. The van der Waals surface area contributed by atoms with Gasteiger partial charge in [-0.05, 0) is 36.5 Å². The van der Waals surface area contributed by atoms with Gasteiger partial charge in [0.05, 0.1) is 0 Å². The first-order valence-electron chi connectivity index (χ1n) is 7.53. The summed E-state index contributed by atoms with van der Waals surface area (Å²) in [6, 6.07) is 16.5. The van der Waals surface area contributed by atoms with Crippen LogP contribution in [0.4, 0.5) is 5.69 Å². The molecule has 2 heteroatoms. The average molecular weight is 275 g/mol. The maximum Gasteiger partial charge on any atom is 0.256 e.